The molecule has 0 radical (unpaired) electrons. The second-order valence-electron chi connectivity index (χ2n) is 4.92. The molecule has 124 valence electrons. The Morgan fingerprint density at radius 1 is 1.33 bits per heavy atom. The van der Waals surface area contributed by atoms with Gasteiger partial charge in [0.1, 0.15) is 0 Å². The predicted octanol–water partition coefficient (Wildman–Crippen LogP) is 1.41. The van der Waals surface area contributed by atoms with Gasteiger partial charge in [-0.15, -0.1) is 5.10 Å². The van der Waals surface area contributed by atoms with Gasteiger partial charge in [0.2, 0.25) is 0 Å². The topological polar surface area (TPSA) is 106 Å². The van der Waals surface area contributed by atoms with E-state index < -0.39 is 0 Å². The second kappa shape index (κ2) is 6.49. The number of anilines is 1. The van der Waals surface area contributed by atoms with Crippen molar-refractivity contribution in [3.63, 3.8) is 0 Å². The average Bonchev–Trinajstić information content (AvgIpc) is 3.20. The van der Waals surface area contributed by atoms with Gasteiger partial charge in [-0.25, -0.2) is 0 Å². The smallest absolute Gasteiger partial charge is 0.293 e. The summed E-state index contributed by atoms with van der Waals surface area (Å²) in [6.07, 6.45) is 1.74. The third kappa shape index (κ3) is 2.83. The van der Waals surface area contributed by atoms with Crippen LogP contribution in [0.15, 0.2) is 28.9 Å². The summed E-state index contributed by atoms with van der Waals surface area (Å²) in [4.78, 5) is 12.5. The highest BCUT2D eigenvalue weighted by atomic mass is 16.5. The first-order valence-corrected chi connectivity index (χ1v) is 7.30. The zero-order valence-corrected chi connectivity index (χ0v) is 13.5. The van der Waals surface area contributed by atoms with Crippen molar-refractivity contribution in [2.24, 2.45) is 5.10 Å². The first kappa shape index (κ1) is 15.7. The van der Waals surface area contributed by atoms with Crippen molar-refractivity contribution in [1.29, 1.82) is 0 Å². The molecule has 1 aromatic carbocycles. The molecular formula is C15H16N6O3. The number of hydrazone groups is 1. The molecule has 24 heavy (non-hydrogen) atoms. The quantitative estimate of drug-likeness (QED) is 0.832. The molecule has 1 aliphatic rings. The monoisotopic (exact) mass is 328 g/mol. The van der Waals surface area contributed by atoms with Crippen molar-refractivity contribution in [1.82, 2.24) is 20.6 Å². The van der Waals surface area contributed by atoms with E-state index in [0.717, 1.165) is 10.6 Å². The van der Waals surface area contributed by atoms with Gasteiger partial charge in [-0.3, -0.25) is 4.79 Å². The molecule has 2 heterocycles. The van der Waals surface area contributed by atoms with Gasteiger partial charge in [0.05, 0.1) is 25.0 Å². The first-order valence-electron chi connectivity index (χ1n) is 7.30. The lowest BCUT2D eigenvalue weighted by molar-refractivity contribution is -0.114. The van der Waals surface area contributed by atoms with Crippen LogP contribution >= 0.6 is 0 Å². The molecule has 1 amide bonds. The zero-order valence-electron chi connectivity index (χ0n) is 13.5. The van der Waals surface area contributed by atoms with E-state index in [1.54, 1.807) is 32.2 Å². The van der Waals surface area contributed by atoms with E-state index in [9.17, 15) is 4.79 Å². The molecule has 0 atom stereocenters. The van der Waals surface area contributed by atoms with Crippen molar-refractivity contribution >= 4 is 23.6 Å². The third-order valence-electron chi connectivity index (χ3n) is 3.38. The number of nitrogens with zero attached hydrogens (tertiary/aromatic N) is 5. The molecule has 0 aliphatic carbocycles. The summed E-state index contributed by atoms with van der Waals surface area (Å²) < 4.78 is 10.8. The third-order valence-corrected chi connectivity index (χ3v) is 3.38. The minimum Gasteiger partial charge on any atom is -0.493 e. The first-order chi connectivity index (χ1) is 11.6. The van der Waals surface area contributed by atoms with Gasteiger partial charge in [-0.05, 0) is 42.8 Å². The number of hydrogen-bond donors (Lipinski definition) is 1. The van der Waals surface area contributed by atoms with Crippen LogP contribution < -0.4 is 14.5 Å². The van der Waals surface area contributed by atoms with Crippen molar-refractivity contribution in [2.75, 3.05) is 18.7 Å². The highest BCUT2D eigenvalue weighted by Crippen LogP contribution is 2.30. The molecular weight excluding hydrogens is 312 g/mol. The molecule has 1 aromatic heterocycles. The maximum atomic E-state index is 12.5. The Labute approximate surface area is 137 Å². The van der Waals surface area contributed by atoms with Gasteiger partial charge in [0.15, 0.2) is 11.5 Å². The standard InChI is InChI=1S/C15H16N6O3/c1-4-24-12-6-5-10(8-13(12)23-3)7-11-9(2)18-21(14(11)22)15-16-19-20-17-15/h5-8H,4H2,1-3H3,(H,16,17,19,20). The molecule has 3 rings (SSSR count). The van der Waals surface area contributed by atoms with Crippen LogP contribution in [0, 0.1) is 0 Å². The summed E-state index contributed by atoms with van der Waals surface area (Å²) in [6, 6.07) is 5.45. The number of rotatable bonds is 5. The largest absolute Gasteiger partial charge is 0.493 e. The average molecular weight is 328 g/mol. The van der Waals surface area contributed by atoms with Gasteiger partial charge < -0.3 is 9.47 Å². The van der Waals surface area contributed by atoms with Crippen LogP contribution in [0.3, 0.4) is 0 Å². The minimum atomic E-state index is -0.318. The van der Waals surface area contributed by atoms with E-state index in [4.69, 9.17) is 9.47 Å². The number of hydrogen-bond acceptors (Lipinski definition) is 7. The minimum absolute atomic E-state index is 0.104. The maximum absolute atomic E-state index is 12.5. The van der Waals surface area contributed by atoms with Gasteiger partial charge in [0, 0.05) is 0 Å². The van der Waals surface area contributed by atoms with Crippen LogP contribution in [-0.4, -0.2) is 46.0 Å². The number of tetrazole rings is 1. The normalized spacial score (nSPS) is 15.8. The van der Waals surface area contributed by atoms with Crippen LogP contribution in [0.2, 0.25) is 0 Å². The lowest BCUT2D eigenvalue weighted by atomic mass is 10.1. The Morgan fingerprint density at radius 2 is 2.17 bits per heavy atom. The lowest BCUT2D eigenvalue weighted by Crippen LogP contribution is -2.22. The van der Waals surface area contributed by atoms with Crippen molar-refractivity contribution < 1.29 is 14.3 Å². The highest BCUT2D eigenvalue weighted by Gasteiger charge is 2.31. The molecule has 0 fully saturated rings. The Balaban J connectivity index is 1.91. The Morgan fingerprint density at radius 3 is 2.83 bits per heavy atom. The summed E-state index contributed by atoms with van der Waals surface area (Å²) in [5, 5.41) is 18.6. The molecule has 1 aliphatic heterocycles. The zero-order chi connectivity index (χ0) is 17.1. The Hall–Kier alpha value is -3.23. The second-order valence-corrected chi connectivity index (χ2v) is 4.92. The number of ether oxygens (including phenoxy) is 2. The molecule has 0 spiro atoms. The van der Waals surface area contributed by atoms with E-state index >= 15 is 0 Å². The van der Waals surface area contributed by atoms with Crippen molar-refractivity contribution in [3.05, 3.63) is 29.3 Å². The molecule has 0 bridgehead atoms. The van der Waals surface area contributed by atoms with Crippen molar-refractivity contribution in [3.8, 4) is 11.5 Å². The van der Waals surface area contributed by atoms with E-state index in [2.05, 4.69) is 25.7 Å². The van der Waals surface area contributed by atoms with Crippen LogP contribution in [0.5, 0.6) is 11.5 Å². The van der Waals surface area contributed by atoms with Gasteiger partial charge in [-0.1, -0.05) is 11.2 Å². The summed E-state index contributed by atoms with van der Waals surface area (Å²) in [5.41, 5.74) is 1.81. The molecule has 0 unspecified atom stereocenters. The molecule has 1 N–H and O–H groups in total. The fraction of sp³-hybridized carbons (Fsp3) is 0.267. The number of carbonyl (C=O) groups is 1. The lowest BCUT2D eigenvalue weighted by Gasteiger charge is -2.10. The summed E-state index contributed by atoms with van der Waals surface area (Å²) in [6.45, 7) is 4.19. The molecule has 9 nitrogen and oxygen atoms in total. The number of amides is 1. The van der Waals surface area contributed by atoms with Crippen molar-refractivity contribution in [2.45, 2.75) is 13.8 Å². The fourth-order valence-corrected chi connectivity index (χ4v) is 2.28. The van der Waals surface area contributed by atoms with Gasteiger partial charge in [0.25, 0.3) is 11.9 Å². The predicted molar refractivity (Wildman–Crippen MR) is 86.9 cm³/mol. The van der Waals surface area contributed by atoms with Crippen LogP contribution in [-0.2, 0) is 4.79 Å². The summed E-state index contributed by atoms with van der Waals surface area (Å²) >= 11 is 0. The van der Waals surface area contributed by atoms with Crippen LogP contribution in [0.25, 0.3) is 6.08 Å². The number of benzene rings is 1. The molecule has 0 saturated carbocycles. The summed E-state index contributed by atoms with van der Waals surface area (Å²) in [5.74, 6) is 1.04. The Kier molecular flexibility index (Phi) is 4.23. The van der Waals surface area contributed by atoms with Gasteiger partial charge in [-0.2, -0.15) is 15.3 Å². The van der Waals surface area contributed by atoms with Crippen LogP contribution in [0.4, 0.5) is 5.95 Å². The highest BCUT2D eigenvalue weighted by molar-refractivity contribution is 6.31. The molecule has 9 heteroatoms. The number of carbonyl (C=O) groups excluding carboxylic acids is 1. The SMILES string of the molecule is CCOc1ccc(C=C2C(=O)N(c3nn[nH]n3)N=C2C)cc1OC. The van der Waals surface area contributed by atoms with Crippen LogP contribution in [0.1, 0.15) is 19.4 Å². The maximum Gasteiger partial charge on any atom is 0.293 e. The Bertz CT molecular complexity index is 813. The van der Waals surface area contributed by atoms with E-state index in [1.807, 2.05) is 13.0 Å². The van der Waals surface area contributed by atoms with E-state index in [-0.39, 0.29) is 11.9 Å². The van der Waals surface area contributed by atoms with Gasteiger partial charge >= 0.3 is 0 Å². The van der Waals surface area contributed by atoms with E-state index in [0.29, 0.717) is 29.4 Å². The summed E-state index contributed by atoms with van der Waals surface area (Å²) in [7, 11) is 1.57. The van der Waals surface area contributed by atoms with E-state index in [1.165, 1.54) is 0 Å². The number of aromatic amines is 1. The number of methoxy groups -OCH3 is 1. The number of nitrogens with one attached hydrogen (secondary N) is 1. The molecule has 0 saturated heterocycles. The molecule has 2 aromatic rings. The fourth-order valence-electron chi connectivity index (χ4n) is 2.28. The number of aromatic nitrogens is 4. The number of H-pyrrole nitrogens is 1.